The van der Waals surface area contributed by atoms with Crippen LogP contribution in [0.5, 0.6) is 5.75 Å². The van der Waals surface area contributed by atoms with Crippen molar-refractivity contribution in [2.75, 3.05) is 33.4 Å². The summed E-state index contributed by atoms with van der Waals surface area (Å²) in [5.74, 6) is 0.946. The predicted molar refractivity (Wildman–Crippen MR) is 74.2 cm³/mol. The molecule has 0 unspecified atom stereocenters. The molecule has 2 aromatic rings. The van der Waals surface area contributed by atoms with E-state index in [9.17, 15) is 0 Å². The Morgan fingerprint density at radius 3 is 2.61 bits per heavy atom. The van der Waals surface area contributed by atoms with Crippen LogP contribution < -0.4 is 10.1 Å². The van der Waals surface area contributed by atoms with Crippen LogP contribution in [0.15, 0.2) is 42.5 Å². The molecule has 0 heterocycles. The maximum absolute atomic E-state index is 5.80. The standard InChI is InChI=1S/C15H19NO2/c1-17-11-9-16-10-12-18-15-8-4-6-13-5-2-3-7-14(13)15/h2-8,16H,9-12H2,1H3. The summed E-state index contributed by atoms with van der Waals surface area (Å²) in [4.78, 5) is 0. The van der Waals surface area contributed by atoms with Crippen LogP contribution in [0.1, 0.15) is 0 Å². The molecule has 0 amide bonds. The molecule has 96 valence electrons. The van der Waals surface area contributed by atoms with Gasteiger partial charge in [-0.15, -0.1) is 0 Å². The third kappa shape index (κ3) is 3.45. The van der Waals surface area contributed by atoms with Crippen molar-refractivity contribution >= 4 is 10.8 Å². The normalized spacial score (nSPS) is 10.7. The lowest BCUT2D eigenvalue weighted by atomic mass is 10.1. The molecule has 3 nitrogen and oxygen atoms in total. The van der Waals surface area contributed by atoms with E-state index in [0.29, 0.717) is 6.61 Å². The Balaban J connectivity index is 1.88. The number of hydrogen-bond donors (Lipinski definition) is 1. The minimum absolute atomic E-state index is 0.664. The lowest BCUT2D eigenvalue weighted by Gasteiger charge is -2.09. The average molecular weight is 245 g/mol. The zero-order chi connectivity index (χ0) is 12.6. The predicted octanol–water partition coefficient (Wildman–Crippen LogP) is 2.45. The van der Waals surface area contributed by atoms with Gasteiger partial charge < -0.3 is 14.8 Å². The van der Waals surface area contributed by atoms with Gasteiger partial charge in [-0.25, -0.2) is 0 Å². The molecule has 1 N–H and O–H groups in total. The van der Waals surface area contributed by atoms with Crippen molar-refractivity contribution in [3.05, 3.63) is 42.5 Å². The molecule has 0 spiro atoms. The fourth-order valence-electron chi connectivity index (χ4n) is 1.85. The highest BCUT2D eigenvalue weighted by molar-refractivity contribution is 5.88. The van der Waals surface area contributed by atoms with Crippen LogP contribution >= 0.6 is 0 Å². The first-order valence-corrected chi connectivity index (χ1v) is 6.22. The number of rotatable bonds is 7. The topological polar surface area (TPSA) is 30.5 Å². The molecular formula is C15H19NO2. The maximum Gasteiger partial charge on any atom is 0.127 e. The van der Waals surface area contributed by atoms with E-state index in [1.807, 2.05) is 24.3 Å². The first-order valence-electron chi connectivity index (χ1n) is 6.22. The minimum Gasteiger partial charge on any atom is -0.492 e. The van der Waals surface area contributed by atoms with Gasteiger partial charge in [0, 0.05) is 25.6 Å². The fourth-order valence-corrected chi connectivity index (χ4v) is 1.85. The van der Waals surface area contributed by atoms with E-state index in [-0.39, 0.29) is 0 Å². The molecule has 0 aliphatic rings. The van der Waals surface area contributed by atoms with Crippen LogP contribution in [0.3, 0.4) is 0 Å². The number of ether oxygens (including phenoxy) is 2. The highest BCUT2D eigenvalue weighted by Gasteiger charge is 2.00. The van der Waals surface area contributed by atoms with Crippen molar-refractivity contribution in [1.29, 1.82) is 0 Å². The van der Waals surface area contributed by atoms with Crippen LogP contribution in [-0.4, -0.2) is 33.4 Å². The largest absolute Gasteiger partial charge is 0.492 e. The molecule has 0 saturated heterocycles. The number of fused-ring (bicyclic) bond motifs is 1. The summed E-state index contributed by atoms with van der Waals surface area (Å²) < 4.78 is 10.8. The van der Waals surface area contributed by atoms with Crippen LogP contribution in [0.2, 0.25) is 0 Å². The summed E-state index contributed by atoms with van der Waals surface area (Å²) in [6, 6.07) is 14.4. The fraction of sp³-hybridized carbons (Fsp3) is 0.333. The molecule has 2 rings (SSSR count). The molecule has 0 bridgehead atoms. The van der Waals surface area contributed by atoms with Gasteiger partial charge in [-0.1, -0.05) is 36.4 Å². The summed E-state index contributed by atoms with van der Waals surface area (Å²) >= 11 is 0. The number of methoxy groups -OCH3 is 1. The van der Waals surface area contributed by atoms with Gasteiger partial charge in [-0.05, 0) is 11.5 Å². The molecule has 3 heteroatoms. The SMILES string of the molecule is COCCNCCOc1cccc2ccccc12. The van der Waals surface area contributed by atoms with E-state index in [2.05, 4.69) is 23.5 Å². The lowest BCUT2D eigenvalue weighted by molar-refractivity contribution is 0.197. The first kappa shape index (κ1) is 12.9. The third-order valence-electron chi connectivity index (χ3n) is 2.77. The van der Waals surface area contributed by atoms with Gasteiger partial charge in [0.05, 0.1) is 6.61 Å². The molecule has 0 aromatic heterocycles. The number of nitrogens with one attached hydrogen (secondary N) is 1. The highest BCUT2D eigenvalue weighted by Crippen LogP contribution is 2.24. The number of benzene rings is 2. The Hall–Kier alpha value is -1.58. The van der Waals surface area contributed by atoms with Gasteiger partial charge in [-0.2, -0.15) is 0 Å². The minimum atomic E-state index is 0.664. The van der Waals surface area contributed by atoms with Crippen molar-refractivity contribution in [3.8, 4) is 5.75 Å². The van der Waals surface area contributed by atoms with Gasteiger partial charge in [0.2, 0.25) is 0 Å². The lowest BCUT2D eigenvalue weighted by Crippen LogP contribution is -2.24. The molecule has 0 atom stereocenters. The van der Waals surface area contributed by atoms with Gasteiger partial charge in [0.15, 0.2) is 0 Å². The second-order valence-corrected chi connectivity index (χ2v) is 4.07. The third-order valence-corrected chi connectivity index (χ3v) is 2.77. The Morgan fingerprint density at radius 1 is 0.944 bits per heavy atom. The van der Waals surface area contributed by atoms with Crippen LogP contribution in [-0.2, 0) is 4.74 Å². The van der Waals surface area contributed by atoms with Crippen LogP contribution in [0, 0.1) is 0 Å². The van der Waals surface area contributed by atoms with E-state index >= 15 is 0 Å². The highest BCUT2D eigenvalue weighted by atomic mass is 16.5. The number of hydrogen-bond acceptors (Lipinski definition) is 3. The Bertz CT molecular complexity index is 479. The summed E-state index contributed by atoms with van der Waals surface area (Å²) in [5, 5.41) is 5.63. The Labute approximate surface area is 108 Å². The second-order valence-electron chi connectivity index (χ2n) is 4.07. The zero-order valence-corrected chi connectivity index (χ0v) is 10.7. The molecular weight excluding hydrogens is 226 g/mol. The smallest absolute Gasteiger partial charge is 0.127 e. The van der Waals surface area contributed by atoms with E-state index in [1.165, 1.54) is 5.39 Å². The molecule has 2 aromatic carbocycles. The quantitative estimate of drug-likeness (QED) is 0.760. The Kier molecular flexibility index (Phi) is 5.00. The summed E-state index contributed by atoms with van der Waals surface area (Å²) in [6.45, 7) is 3.08. The zero-order valence-electron chi connectivity index (χ0n) is 10.7. The van der Waals surface area contributed by atoms with E-state index < -0.39 is 0 Å². The van der Waals surface area contributed by atoms with Crippen molar-refractivity contribution in [2.45, 2.75) is 0 Å². The molecule has 0 aliphatic carbocycles. The first-order chi connectivity index (χ1) is 8.92. The summed E-state index contributed by atoms with van der Waals surface area (Å²) in [5.41, 5.74) is 0. The van der Waals surface area contributed by atoms with Crippen LogP contribution in [0.25, 0.3) is 10.8 Å². The van der Waals surface area contributed by atoms with Crippen molar-refractivity contribution < 1.29 is 9.47 Å². The van der Waals surface area contributed by atoms with Crippen molar-refractivity contribution in [3.63, 3.8) is 0 Å². The van der Waals surface area contributed by atoms with Gasteiger partial charge in [-0.3, -0.25) is 0 Å². The summed E-state index contributed by atoms with van der Waals surface area (Å²) in [7, 11) is 1.70. The molecule has 0 fully saturated rings. The van der Waals surface area contributed by atoms with E-state index in [0.717, 1.165) is 30.8 Å². The summed E-state index contributed by atoms with van der Waals surface area (Å²) in [6.07, 6.45) is 0. The van der Waals surface area contributed by atoms with Crippen molar-refractivity contribution in [2.24, 2.45) is 0 Å². The van der Waals surface area contributed by atoms with E-state index in [4.69, 9.17) is 9.47 Å². The van der Waals surface area contributed by atoms with E-state index in [1.54, 1.807) is 7.11 Å². The monoisotopic (exact) mass is 245 g/mol. The average Bonchev–Trinajstić information content (AvgIpc) is 2.43. The molecule has 0 radical (unpaired) electrons. The second kappa shape index (κ2) is 6.99. The van der Waals surface area contributed by atoms with Gasteiger partial charge in [0.25, 0.3) is 0 Å². The molecule has 18 heavy (non-hydrogen) atoms. The maximum atomic E-state index is 5.80. The van der Waals surface area contributed by atoms with Gasteiger partial charge in [0.1, 0.15) is 12.4 Å². The molecule has 0 aliphatic heterocycles. The Morgan fingerprint density at radius 2 is 1.72 bits per heavy atom. The van der Waals surface area contributed by atoms with Gasteiger partial charge >= 0.3 is 0 Å². The van der Waals surface area contributed by atoms with Crippen molar-refractivity contribution in [1.82, 2.24) is 5.32 Å². The molecule has 0 saturated carbocycles. The van der Waals surface area contributed by atoms with Crippen LogP contribution in [0.4, 0.5) is 0 Å².